The Morgan fingerprint density at radius 3 is 2.92 bits per heavy atom. The summed E-state index contributed by atoms with van der Waals surface area (Å²) in [5.41, 5.74) is 0. The van der Waals surface area contributed by atoms with Gasteiger partial charge in [0.25, 0.3) is 0 Å². The molecule has 0 radical (unpaired) electrons. The molecule has 3 nitrogen and oxygen atoms in total. The molecule has 0 saturated carbocycles. The van der Waals surface area contributed by atoms with Gasteiger partial charge in [0.1, 0.15) is 6.10 Å². The summed E-state index contributed by atoms with van der Waals surface area (Å²) in [6, 6.07) is 0. The maximum Gasteiger partial charge on any atom is 0.306 e. The molecule has 0 aromatic rings. The molecule has 1 fully saturated rings. The summed E-state index contributed by atoms with van der Waals surface area (Å²) < 4.78 is 4.91. The molecule has 1 saturated heterocycles. The minimum Gasteiger partial charge on any atom is -0.460 e. The molecule has 1 aliphatic heterocycles. The summed E-state index contributed by atoms with van der Waals surface area (Å²) in [5, 5.41) is 9.59. The molecule has 0 bridgehead atoms. The molecule has 1 N–H and O–H groups in total. The molecule has 1 aliphatic rings. The van der Waals surface area contributed by atoms with Gasteiger partial charge in [0.2, 0.25) is 0 Å². The minimum atomic E-state index is -0.603. The van der Waals surface area contributed by atoms with Gasteiger partial charge in [-0.3, -0.25) is 4.79 Å². The number of carbonyl (C=O) groups excluding carboxylic acids is 1. The van der Waals surface area contributed by atoms with Crippen molar-refractivity contribution < 1.29 is 14.6 Å². The van der Waals surface area contributed by atoms with Gasteiger partial charge in [0.05, 0.1) is 6.10 Å². The lowest BCUT2D eigenvalue weighted by molar-refractivity contribution is -0.146. The van der Waals surface area contributed by atoms with Gasteiger partial charge in [0, 0.05) is 12.3 Å². The number of carbonyl (C=O) groups is 1. The molecule has 0 amide bonds. The Morgan fingerprint density at radius 1 is 1.83 bits per heavy atom. The number of rotatable bonds is 3. The van der Waals surface area contributed by atoms with E-state index in [1.807, 2.05) is 6.92 Å². The summed E-state index contributed by atoms with van der Waals surface area (Å²) in [4.78, 5) is 10.7. The molecular weight excluding hydrogens is 156 g/mol. The largest absolute Gasteiger partial charge is 0.460 e. The van der Waals surface area contributed by atoms with Crippen molar-refractivity contribution >= 4 is 5.97 Å². The van der Waals surface area contributed by atoms with Gasteiger partial charge in [-0.25, -0.2) is 0 Å². The zero-order chi connectivity index (χ0) is 9.14. The van der Waals surface area contributed by atoms with E-state index in [4.69, 9.17) is 4.74 Å². The highest BCUT2D eigenvalue weighted by Gasteiger charge is 2.31. The van der Waals surface area contributed by atoms with Crippen molar-refractivity contribution in [2.45, 2.75) is 32.0 Å². The highest BCUT2D eigenvalue weighted by Crippen LogP contribution is 2.21. The van der Waals surface area contributed by atoms with Gasteiger partial charge >= 0.3 is 5.97 Å². The lowest BCUT2D eigenvalue weighted by atomic mass is 9.98. The van der Waals surface area contributed by atoms with Gasteiger partial charge in [0.15, 0.2) is 0 Å². The van der Waals surface area contributed by atoms with Crippen LogP contribution in [0.5, 0.6) is 0 Å². The third-order valence-electron chi connectivity index (χ3n) is 2.21. The van der Waals surface area contributed by atoms with Crippen LogP contribution in [0.25, 0.3) is 0 Å². The smallest absolute Gasteiger partial charge is 0.306 e. The van der Waals surface area contributed by atoms with Crippen LogP contribution in [0.2, 0.25) is 0 Å². The minimum absolute atomic E-state index is 0.0269. The van der Waals surface area contributed by atoms with Crippen molar-refractivity contribution in [2.75, 3.05) is 0 Å². The van der Waals surface area contributed by atoms with Crippen molar-refractivity contribution in [1.82, 2.24) is 0 Å². The maximum absolute atomic E-state index is 10.7. The first kappa shape index (κ1) is 9.26. The first-order valence-corrected chi connectivity index (χ1v) is 4.15. The van der Waals surface area contributed by atoms with Gasteiger partial charge in [-0.15, -0.1) is 6.58 Å². The van der Waals surface area contributed by atoms with Crippen molar-refractivity contribution in [3.05, 3.63) is 12.7 Å². The van der Waals surface area contributed by atoms with Crippen LogP contribution in [0, 0.1) is 5.92 Å². The monoisotopic (exact) mass is 170 g/mol. The van der Waals surface area contributed by atoms with Gasteiger partial charge in [-0.1, -0.05) is 13.0 Å². The fourth-order valence-corrected chi connectivity index (χ4v) is 1.27. The summed E-state index contributed by atoms with van der Waals surface area (Å²) in [6.07, 6.45) is 1.78. The zero-order valence-corrected chi connectivity index (χ0v) is 7.19. The lowest BCUT2D eigenvalue weighted by Crippen LogP contribution is -2.30. The number of hydrogen-bond acceptors (Lipinski definition) is 3. The lowest BCUT2D eigenvalue weighted by Gasteiger charge is -2.20. The second kappa shape index (κ2) is 3.72. The molecule has 3 heteroatoms. The van der Waals surface area contributed by atoms with Crippen molar-refractivity contribution in [1.29, 1.82) is 0 Å². The van der Waals surface area contributed by atoms with Crippen LogP contribution in [0.15, 0.2) is 12.7 Å². The van der Waals surface area contributed by atoms with Crippen LogP contribution >= 0.6 is 0 Å². The van der Waals surface area contributed by atoms with E-state index >= 15 is 0 Å². The fraction of sp³-hybridized carbons (Fsp3) is 0.667. The normalized spacial score (nSPS) is 27.8. The molecule has 1 rings (SSSR count). The first-order valence-electron chi connectivity index (χ1n) is 4.15. The first-order chi connectivity index (χ1) is 5.65. The quantitative estimate of drug-likeness (QED) is 0.505. The zero-order valence-electron chi connectivity index (χ0n) is 7.19. The summed E-state index contributed by atoms with van der Waals surface area (Å²) in [5.74, 6) is -0.240. The molecule has 0 unspecified atom stereocenters. The van der Waals surface area contributed by atoms with E-state index < -0.39 is 6.10 Å². The summed E-state index contributed by atoms with van der Waals surface area (Å²) in [7, 11) is 0. The van der Waals surface area contributed by atoms with E-state index in [0.717, 1.165) is 0 Å². The molecule has 0 spiro atoms. The highest BCUT2D eigenvalue weighted by atomic mass is 16.6. The number of aliphatic hydroxyl groups is 1. The number of aliphatic hydroxyl groups excluding tert-OH is 1. The molecular formula is C9H14O3. The summed E-state index contributed by atoms with van der Waals surface area (Å²) in [6.45, 7) is 5.42. The van der Waals surface area contributed by atoms with Gasteiger partial charge in [-0.05, 0) is 6.42 Å². The van der Waals surface area contributed by atoms with Crippen LogP contribution in [0.4, 0.5) is 0 Å². The highest BCUT2D eigenvalue weighted by molar-refractivity contribution is 5.71. The molecule has 0 aliphatic carbocycles. The van der Waals surface area contributed by atoms with Crippen LogP contribution in [0.1, 0.15) is 19.8 Å². The average molecular weight is 170 g/mol. The number of cyclic esters (lactones) is 1. The Bertz CT molecular complexity index is 188. The average Bonchev–Trinajstić information content (AvgIpc) is 2.49. The number of hydrogen-bond donors (Lipinski definition) is 1. The third kappa shape index (κ3) is 1.85. The van der Waals surface area contributed by atoms with Crippen molar-refractivity contribution in [3.8, 4) is 0 Å². The van der Waals surface area contributed by atoms with E-state index in [2.05, 4.69) is 6.58 Å². The van der Waals surface area contributed by atoms with Crippen LogP contribution in [-0.4, -0.2) is 23.3 Å². The van der Waals surface area contributed by atoms with Crippen LogP contribution < -0.4 is 0 Å². The second-order valence-corrected chi connectivity index (χ2v) is 3.15. The SMILES string of the molecule is C=C[C@@H](C)[C@@H](O)[C@@H]1CCC(=O)O1. The Hall–Kier alpha value is -0.830. The molecule has 1 heterocycles. The van der Waals surface area contributed by atoms with Crippen LogP contribution in [0.3, 0.4) is 0 Å². The van der Waals surface area contributed by atoms with E-state index in [1.54, 1.807) is 6.08 Å². The molecule has 0 aromatic carbocycles. The van der Waals surface area contributed by atoms with Crippen molar-refractivity contribution in [3.63, 3.8) is 0 Å². The van der Waals surface area contributed by atoms with E-state index in [1.165, 1.54) is 0 Å². The van der Waals surface area contributed by atoms with Crippen molar-refractivity contribution in [2.24, 2.45) is 5.92 Å². The molecule has 0 aromatic heterocycles. The predicted octanol–water partition coefficient (Wildman–Crippen LogP) is 0.875. The number of ether oxygens (including phenoxy) is 1. The van der Waals surface area contributed by atoms with E-state index in [-0.39, 0.29) is 18.0 Å². The van der Waals surface area contributed by atoms with Crippen LogP contribution in [-0.2, 0) is 9.53 Å². The topological polar surface area (TPSA) is 46.5 Å². The van der Waals surface area contributed by atoms with Gasteiger partial charge < -0.3 is 9.84 Å². The predicted molar refractivity (Wildman–Crippen MR) is 44.5 cm³/mol. The van der Waals surface area contributed by atoms with E-state index in [9.17, 15) is 9.90 Å². The Labute approximate surface area is 72.0 Å². The maximum atomic E-state index is 10.7. The Morgan fingerprint density at radius 2 is 2.50 bits per heavy atom. The fourth-order valence-electron chi connectivity index (χ4n) is 1.27. The van der Waals surface area contributed by atoms with E-state index in [0.29, 0.717) is 12.8 Å². The third-order valence-corrected chi connectivity index (χ3v) is 2.21. The molecule has 68 valence electrons. The molecule has 12 heavy (non-hydrogen) atoms. The Kier molecular flexibility index (Phi) is 2.87. The van der Waals surface area contributed by atoms with Gasteiger partial charge in [-0.2, -0.15) is 0 Å². The number of esters is 1. The molecule has 3 atom stereocenters. The Balaban J connectivity index is 2.47. The summed E-state index contributed by atoms with van der Waals surface area (Å²) >= 11 is 0. The standard InChI is InChI=1S/C9H14O3/c1-3-6(2)9(11)7-4-5-8(10)12-7/h3,6-7,9,11H,1,4-5H2,2H3/t6-,7+,9-/m1/s1. The second-order valence-electron chi connectivity index (χ2n) is 3.15.